The van der Waals surface area contributed by atoms with Crippen LogP contribution in [0.1, 0.15) is 0 Å². The normalized spacial score (nSPS) is 1.40. The van der Waals surface area contributed by atoms with Crippen molar-refractivity contribution >= 4 is 9.69 Å². The molecular formula is H6ClO3Rh. The Morgan fingerprint density at radius 1 is 0.800 bits per heavy atom. The Bertz CT molecular complexity index is 6.85. The van der Waals surface area contributed by atoms with Crippen LogP contribution in [0.3, 0.4) is 0 Å². The summed E-state index contributed by atoms with van der Waals surface area (Å²) >= 11 is 2.02. The summed E-state index contributed by atoms with van der Waals surface area (Å²) in [6.07, 6.45) is 0. The van der Waals surface area contributed by atoms with Gasteiger partial charge in [0, 0.05) is 0 Å². The summed E-state index contributed by atoms with van der Waals surface area (Å²) in [5, 5.41) is 0. The van der Waals surface area contributed by atoms with E-state index in [0.717, 1.165) is 0 Å². The van der Waals surface area contributed by atoms with Crippen molar-refractivity contribution in [2.75, 3.05) is 0 Å². The first-order valence-electron chi connectivity index (χ1n) is 0.126. The van der Waals surface area contributed by atoms with E-state index in [0.29, 0.717) is 0 Å². The minimum atomic E-state index is 0. The van der Waals surface area contributed by atoms with Crippen molar-refractivity contribution in [1.82, 2.24) is 0 Å². The summed E-state index contributed by atoms with van der Waals surface area (Å²) in [4.78, 5) is 0. The van der Waals surface area contributed by atoms with Crippen molar-refractivity contribution < 1.29 is 33.7 Å². The first-order valence-corrected chi connectivity index (χ1v) is 2.24. The van der Waals surface area contributed by atoms with Gasteiger partial charge in [-0.25, -0.2) is 0 Å². The Morgan fingerprint density at radius 3 is 0.800 bits per heavy atom. The summed E-state index contributed by atoms with van der Waals surface area (Å²) < 4.78 is 0. The molecule has 40 valence electrons. The molecule has 0 amide bonds. The van der Waals surface area contributed by atoms with Crippen LogP contribution >= 0.6 is 9.69 Å². The van der Waals surface area contributed by atoms with E-state index in [1.165, 1.54) is 0 Å². The van der Waals surface area contributed by atoms with Crippen LogP contribution in [0.25, 0.3) is 0 Å². The molecule has 0 heterocycles. The van der Waals surface area contributed by atoms with Crippen LogP contribution in [0.2, 0.25) is 0 Å². The quantitative estimate of drug-likeness (QED) is 0.406. The Hall–Kier alpha value is 0.793. The number of halogens is 1. The Labute approximate surface area is 44.0 Å². The third-order valence-electron chi connectivity index (χ3n) is 0. The van der Waals surface area contributed by atoms with Gasteiger partial charge in [0.2, 0.25) is 0 Å². The maximum atomic E-state index is 4.53. The van der Waals surface area contributed by atoms with Gasteiger partial charge in [-0.3, -0.25) is 0 Å². The van der Waals surface area contributed by atoms with Crippen LogP contribution in [0.5, 0.6) is 0 Å². The topological polar surface area (TPSA) is 94.5 Å². The second kappa shape index (κ2) is 110. The van der Waals surface area contributed by atoms with Gasteiger partial charge in [-0.2, -0.15) is 0 Å². The van der Waals surface area contributed by atoms with Crippen LogP contribution in [-0.2, 0) is 17.3 Å². The fourth-order valence-electron chi connectivity index (χ4n) is 0. The molecule has 0 aromatic rings. The fourth-order valence-corrected chi connectivity index (χ4v) is 0. The van der Waals surface area contributed by atoms with Gasteiger partial charge in [-0.1, -0.05) is 0 Å². The average Bonchev–Trinajstić information content (AvgIpc) is 1.00. The van der Waals surface area contributed by atoms with Crippen LogP contribution < -0.4 is 0 Å². The molecule has 0 saturated carbocycles. The van der Waals surface area contributed by atoms with Gasteiger partial charge >= 0.3 is 27.0 Å². The van der Waals surface area contributed by atoms with Gasteiger partial charge in [-0.15, -0.1) is 0 Å². The van der Waals surface area contributed by atoms with E-state index < -0.39 is 0 Å². The van der Waals surface area contributed by atoms with E-state index in [9.17, 15) is 0 Å². The van der Waals surface area contributed by atoms with Crippen LogP contribution in [0, 0.1) is 0 Å². The van der Waals surface area contributed by atoms with Crippen molar-refractivity contribution in [2.24, 2.45) is 0 Å². The van der Waals surface area contributed by atoms with Crippen LogP contribution in [0.15, 0.2) is 0 Å². The van der Waals surface area contributed by atoms with E-state index in [1.54, 1.807) is 0 Å². The Balaban J connectivity index is -0.00000000167. The zero-order chi connectivity index (χ0) is 2.00. The first-order chi connectivity index (χ1) is 1.00. The number of hydrogen-bond acceptors (Lipinski definition) is 0. The summed E-state index contributed by atoms with van der Waals surface area (Å²) in [6.45, 7) is 0. The van der Waals surface area contributed by atoms with Crippen molar-refractivity contribution in [2.45, 2.75) is 0 Å². The molecule has 3 nitrogen and oxygen atoms in total. The average molecular weight is 192 g/mol. The standard InChI is InChI=1S/ClH.3H2O.Rh/h1H;3*1H2;/q;;;;+1/p-1. The molecule has 0 aliphatic carbocycles. The molecule has 0 aromatic carbocycles. The zero-order valence-electron chi connectivity index (χ0n) is 2.21. The molecule has 0 bridgehead atoms. The molecule has 0 spiro atoms. The number of hydrogen-bond donors (Lipinski definition) is 0. The number of rotatable bonds is 0. The van der Waals surface area contributed by atoms with E-state index in [-0.39, 0.29) is 16.4 Å². The first kappa shape index (κ1) is 41.4. The van der Waals surface area contributed by atoms with Crippen molar-refractivity contribution in [1.29, 1.82) is 0 Å². The van der Waals surface area contributed by atoms with Gasteiger partial charge < -0.3 is 16.4 Å². The molecule has 0 saturated heterocycles. The molecule has 5 heteroatoms. The second-order valence-electron chi connectivity index (χ2n) is 0. The van der Waals surface area contributed by atoms with Crippen molar-refractivity contribution in [3.63, 3.8) is 0 Å². The van der Waals surface area contributed by atoms with E-state index in [1.807, 2.05) is 17.3 Å². The molecule has 0 rings (SSSR count). The molecule has 0 aliphatic heterocycles. The zero-order valence-corrected chi connectivity index (χ0v) is 4.61. The summed E-state index contributed by atoms with van der Waals surface area (Å²) in [6, 6.07) is 0. The predicted molar refractivity (Wildman–Crippen MR) is 16.7 cm³/mol. The molecule has 0 aliphatic rings. The predicted octanol–water partition coefficient (Wildman–Crippen LogP) is -1.79. The summed E-state index contributed by atoms with van der Waals surface area (Å²) in [5.41, 5.74) is 0. The van der Waals surface area contributed by atoms with Crippen LogP contribution in [0.4, 0.5) is 0 Å². The molecule has 0 aromatic heterocycles. The monoisotopic (exact) mass is 192 g/mol. The maximum absolute atomic E-state index is 4.53. The molecule has 5 heavy (non-hydrogen) atoms. The Morgan fingerprint density at radius 2 is 0.800 bits per heavy atom. The second-order valence-corrected chi connectivity index (χ2v) is 0. The summed E-state index contributed by atoms with van der Waals surface area (Å²) in [7, 11) is 4.53. The molecule has 0 fully saturated rings. The minimum absolute atomic E-state index is 0. The van der Waals surface area contributed by atoms with E-state index >= 15 is 0 Å². The Kier molecular flexibility index (Phi) is 907. The third kappa shape index (κ3) is 59.4. The van der Waals surface area contributed by atoms with Gasteiger partial charge in [-0.05, 0) is 0 Å². The van der Waals surface area contributed by atoms with Gasteiger partial charge in [0.05, 0.1) is 0 Å². The SMILES string of the molecule is O.O.O.[Cl][Rh]. The summed E-state index contributed by atoms with van der Waals surface area (Å²) in [5.74, 6) is 0. The van der Waals surface area contributed by atoms with E-state index in [4.69, 9.17) is 0 Å². The molecule has 0 atom stereocenters. The van der Waals surface area contributed by atoms with Gasteiger partial charge in [0.1, 0.15) is 0 Å². The van der Waals surface area contributed by atoms with Crippen molar-refractivity contribution in [3.05, 3.63) is 0 Å². The molecule has 6 N–H and O–H groups in total. The fraction of sp³-hybridized carbons (Fsp3) is 0. The van der Waals surface area contributed by atoms with Gasteiger partial charge in [0.15, 0.2) is 0 Å². The van der Waals surface area contributed by atoms with Crippen LogP contribution in [-0.4, -0.2) is 16.4 Å². The van der Waals surface area contributed by atoms with Gasteiger partial charge in [0.25, 0.3) is 0 Å². The molecular weight excluding hydrogens is 186 g/mol. The van der Waals surface area contributed by atoms with E-state index in [2.05, 4.69) is 9.69 Å². The molecule has 0 unspecified atom stereocenters. The molecule has 0 radical (unpaired) electrons. The third-order valence-corrected chi connectivity index (χ3v) is 0. The van der Waals surface area contributed by atoms with Crippen molar-refractivity contribution in [3.8, 4) is 0 Å².